The van der Waals surface area contributed by atoms with Gasteiger partial charge in [0.1, 0.15) is 39.0 Å². The molecule has 2 amide bonds. The Labute approximate surface area is 501 Å². The van der Waals surface area contributed by atoms with Gasteiger partial charge < -0.3 is 25.8 Å². The van der Waals surface area contributed by atoms with Crippen molar-refractivity contribution >= 4 is 104 Å². The second-order valence-electron chi connectivity index (χ2n) is 21.7. The molecule has 432 valence electrons. The van der Waals surface area contributed by atoms with Crippen LogP contribution in [0, 0.1) is 20.8 Å². The Morgan fingerprint density at radius 3 is 1.75 bits per heavy atom. The van der Waals surface area contributed by atoms with Crippen LogP contribution in [0.15, 0.2) is 105 Å². The number of nitrogens with two attached hydrogens (primary N) is 1. The molecule has 4 heterocycles. The number of carbonyl (C=O) groups is 4. The van der Waals surface area contributed by atoms with Crippen LogP contribution in [0.4, 0.5) is 17.2 Å². The second kappa shape index (κ2) is 28.4. The molecule has 3 N–H and O–H groups in total. The summed E-state index contributed by atoms with van der Waals surface area (Å²) in [5.74, 6) is 2.14. The van der Waals surface area contributed by atoms with Gasteiger partial charge in [-0.3, -0.25) is 24.2 Å². The lowest BCUT2D eigenvalue weighted by atomic mass is 9.85. The maximum atomic E-state index is 14.5. The number of rotatable bonds is 23. The summed E-state index contributed by atoms with van der Waals surface area (Å²) in [5.41, 5.74) is 18.6. The van der Waals surface area contributed by atoms with Crippen LogP contribution in [-0.4, -0.2) is 138 Å². The number of fused-ring (bicyclic) bond motifs is 2. The minimum Gasteiger partial charge on any atom is -0.387 e. The van der Waals surface area contributed by atoms with Crippen molar-refractivity contribution in [3.05, 3.63) is 152 Å². The van der Waals surface area contributed by atoms with E-state index in [1.807, 2.05) is 142 Å². The summed E-state index contributed by atoms with van der Waals surface area (Å²) in [6.07, 6.45) is 14.3. The highest BCUT2D eigenvalue weighted by Gasteiger charge is 2.26. The van der Waals surface area contributed by atoms with E-state index in [2.05, 4.69) is 34.2 Å². The van der Waals surface area contributed by atoms with Crippen molar-refractivity contribution in [2.75, 3.05) is 45.6 Å². The van der Waals surface area contributed by atoms with E-state index < -0.39 is 0 Å². The third kappa shape index (κ3) is 15.8. The molecule has 0 fully saturated rings. The van der Waals surface area contributed by atoms with Gasteiger partial charge in [-0.2, -0.15) is 5.10 Å². The highest BCUT2D eigenvalue weighted by Crippen LogP contribution is 2.34. The van der Waals surface area contributed by atoms with Gasteiger partial charge in [-0.05, 0) is 140 Å². The number of aromatic nitrogens is 4. The monoisotopic (exact) mass is 1130 g/mol. The van der Waals surface area contributed by atoms with Crippen molar-refractivity contribution in [1.82, 2.24) is 39.6 Å². The number of nitrogens with zero attached hydrogens (tertiary/aromatic N) is 11. The van der Waals surface area contributed by atoms with Gasteiger partial charge in [0.25, 0.3) is 0 Å². The zero-order chi connectivity index (χ0) is 60.9. The van der Waals surface area contributed by atoms with Crippen LogP contribution in [-0.2, 0) is 22.7 Å². The van der Waals surface area contributed by atoms with Crippen molar-refractivity contribution in [1.29, 1.82) is 0 Å². The molecule has 2 aliphatic heterocycles. The van der Waals surface area contributed by atoms with Crippen molar-refractivity contribution in [3.8, 4) is 22.3 Å². The first-order chi connectivity index (χ1) is 40.9. The molecule has 85 heavy (non-hydrogen) atoms. The molecule has 0 saturated heterocycles. The van der Waals surface area contributed by atoms with Crippen LogP contribution >= 0.6 is 0 Å². The molecular weight excluding hydrogens is 1060 g/mol. The van der Waals surface area contributed by atoms with Crippen molar-refractivity contribution in [2.24, 2.45) is 20.8 Å². The number of hydrazone groups is 1. The molecule has 0 aliphatic carbocycles. The van der Waals surface area contributed by atoms with Gasteiger partial charge in [-0.25, -0.2) is 29.9 Å². The molecule has 0 saturated carbocycles. The minimum atomic E-state index is -0.100. The Hall–Kier alpha value is -9.12. The average molecular weight is 1130 g/mol. The SMILES string of the molecule is [B]c1cc(-c2ccc(C=O)c(/C=C\N(C)Cc3nc(C)cc(N=C4CC(C(=O)N(CCC)CCC)=Cc5c([B])cc(-c6ccc(C=O)c(/C=N\N(C)Cc7nc(C)cc(C)n7)c6)cc5N4)n3)c2)cc2c1C=C(C(=O)N(CCC)CCC)CC(N)=N2. The summed E-state index contributed by atoms with van der Waals surface area (Å²) in [4.78, 5) is 87.1. The average Bonchev–Trinajstić information content (AvgIpc) is 2.94. The highest BCUT2D eigenvalue weighted by molar-refractivity contribution is 6.36. The van der Waals surface area contributed by atoms with Gasteiger partial charge in [-0.1, -0.05) is 75.0 Å². The van der Waals surface area contributed by atoms with Gasteiger partial charge in [0.05, 0.1) is 25.0 Å². The van der Waals surface area contributed by atoms with Gasteiger partial charge in [0.2, 0.25) is 11.8 Å². The number of aryl methyl sites for hydroxylation is 3. The molecular formula is C66H73B2N13O4. The first-order valence-corrected chi connectivity index (χ1v) is 28.9. The Balaban J connectivity index is 1.06. The summed E-state index contributed by atoms with van der Waals surface area (Å²) in [7, 11) is 17.4. The summed E-state index contributed by atoms with van der Waals surface area (Å²) in [6.45, 7) is 17.1. The van der Waals surface area contributed by atoms with Crippen molar-refractivity contribution in [2.45, 2.75) is 100 Å². The fourth-order valence-electron chi connectivity index (χ4n) is 10.5. The number of hydrogen-bond donors (Lipinski definition) is 2. The molecule has 4 aromatic carbocycles. The lowest BCUT2D eigenvalue weighted by molar-refractivity contribution is -0.128. The fourth-order valence-corrected chi connectivity index (χ4v) is 10.5. The normalized spacial score (nSPS) is 13.5. The van der Waals surface area contributed by atoms with Gasteiger partial charge >= 0.3 is 0 Å². The van der Waals surface area contributed by atoms with E-state index in [-0.39, 0.29) is 31.2 Å². The van der Waals surface area contributed by atoms with Crippen LogP contribution < -0.4 is 22.0 Å². The number of amides is 2. The smallest absolute Gasteiger partial charge is 0.250 e. The number of aldehydes is 2. The predicted octanol–water partition coefficient (Wildman–Crippen LogP) is 9.31. The molecule has 0 atom stereocenters. The number of amidine groups is 2. The Morgan fingerprint density at radius 1 is 0.624 bits per heavy atom. The molecule has 2 aliphatic rings. The zero-order valence-corrected chi connectivity index (χ0v) is 50.2. The van der Waals surface area contributed by atoms with Crippen LogP contribution in [0.2, 0.25) is 0 Å². The van der Waals surface area contributed by atoms with Gasteiger partial charge in [0, 0.05) is 110 Å². The van der Waals surface area contributed by atoms with Crippen LogP contribution in [0.3, 0.4) is 0 Å². The molecule has 0 bridgehead atoms. The largest absolute Gasteiger partial charge is 0.387 e. The molecule has 6 aromatic rings. The van der Waals surface area contributed by atoms with Crippen molar-refractivity contribution in [3.63, 3.8) is 0 Å². The first-order valence-electron chi connectivity index (χ1n) is 28.9. The highest BCUT2D eigenvalue weighted by atomic mass is 16.2. The maximum Gasteiger partial charge on any atom is 0.250 e. The van der Waals surface area contributed by atoms with E-state index in [1.54, 1.807) is 29.4 Å². The van der Waals surface area contributed by atoms with Gasteiger partial charge in [0.15, 0.2) is 18.4 Å². The first kappa shape index (κ1) is 61.9. The lowest BCUT2D eigenvalue weighted by Crippen LogP contribution is -2.34. The predicted molar refractivity (Wildman–Crippen MR) is 345 cm³/mol. The third-order valence-electron chi connectivity index (χ3n) is 14.3. The van der Waals surface area contributed by atoms with Crippen LogP contribution in [0.25, 0.3) is 40.5 Å². The number of benzene rings is 4. The van der Waals surface area contributed by atoms with Gasteiger partial charge in [-0.15, -0.1) is 0 Å². The number of hydrogen-bond acceptors (Lipinski definition) is 14. The Morgan fingerprint density at radius 2 is 1.15 bits per heavy atom. The lowest BCUT2D eigenvalue weighted by Gasteiger charge is -2.23. The summed E-state index contributed by atoms with van der Waals surface area (Å²) in [5, 5.41) is 9.89. The fraction of sp³-hybridized carbons (Fsp3) is 0.318. The molecule has 8 rings (SSSR count). The number of aliphatic imine (C=N–C) groups is 2. The van der Waals surface area contributed by atoms with E-state index >= 15 is 0 Å². The Bertz CT molecular complexity index is 3690. The molecule has 0 unspecified atom stereocenters. The third-order valence-corrected chi connectivity index (χ3v) is 14.3. The van der Waals surface area contributed by atoms with E-state index in [4.69, 9.17) is 41.4 Å². The number of carbonyl (C=O) groups excluding carboxylic acids is 4. The Kier molecular flexibility index (Phi) is 20.7. The summed E-state index contributed by atoms with van der Waals surface area (Å²) in [6, 6.07) is 22.4. The van der Waals surface area contributed by atoms with Crippen LogP contribution in [0.5, 0.6) is 0 Å². The molecule has 4 radical (unpaired) electrons. The van der Waals surface area contributed by atoms with E-state index in [0.717, 1.165) is 71.9 Å². The minimum absolute atomic E-state index is 0.0700. The van der Waals surface area contributed by atoms with E-state index in [9.17, 15) is 19.2 Å². The number of anilines is 1. The second-order valence-corrected chi connectivity index (χ2v) is 21.7. The molecule has 19 heteroatoms. The van der Waals surface area contributed by atoms with Crippen LogP contribution in [0.1, 0.15) is 138 Å². The zero-order valence-electron chi connectivity index (χ0n) is 50.2. The quantitative estimate of drug-likeness (QED) is 0.0266. The van der Waals surface area contributed by atoms with E-state index in [0.29, 0.717) is 134 Å². The summed E-state index contributed by atoms with van der Waals surface area (Å²) >= 11 is 0. The van der Waals surface area contributed by atoms with Crippen molar-refractivity contribution < 1.29 is 19.2 Å². The topological polar surface area (TPSA) is 208 Å². The maximum absolute atomic E-state index is 14.5. The standard InChI is InChI=1S/C66H73B2N13O4/c1-10-19-80(20-11-2)65(84)51-28-54-56(67)30-49(32-58(54)74-60(69)34-51)44-14-16-47(39-82)46(26-44)18-23-78(8)37-63-73-43(7)25-61(77-63)76-62-35-52(66(85)81(21-12-3)22-13-4)29-55-57(68)31-50(33-59(55)75-62)45-15-17-48(40-83)53(27-45)36-70-79(9)38-64-71-41(5)24-42(6)72-64/h14-18,23-33,36,39-40H,10-13,19-22,34-35,37-38H2,1-9H3,(H2,69,74)(H,73,75,76,77)/b23-18-,70-36-. The molecule has 0 spiro atoms. The summed E-state index contributed by atoms with van der Waals surface area (Å²) < 4.78 is 0. The molecule has 2 aromatic heterocycles. The molecule has 17 nitrogen and oxygen atoms in total. The van der Waals surface area contributed by atoms with E-state index in [1.165, 1.54) is 0 Å². The number of nitrogens with one attached hydrogen (secondary N) is 1.